The van der Waals surface area contributed by atoms with E-state index in [9.17, 15) is 13.2 Å². The van der Waals surface area contributed by atoms with Gasteiger partial charge in [-0.2, -0.15) is 0 Å². The number of rotatable bonds is 7. The molecule has 1 atom stereocenters. The summed E-state index contributed by atoms with van der Waals surface area (Å²) in [5, 5.41) is 2.53. The molecule has 0 radical (unpaired) electrons. The second-order valence-electron chi connectivity index (χ2n) is 4.50. The average molecular weight is 300 g/mol. The van der Waals surface area contributed by atoms with Crippen molar-refractivity contribution >= 4 is 21.4 Å². The lowest BCUT2D eigenvalue weighted by molar-refractivity contribution is -0.113. The van der Waals surface area contributed by atoms with Crippen molar-refractivity contribution in [2.24, 2.45) is 5.73 Å². The fourth-order valence-corrected chi connectivity index (χ4v) is 3.05. The van der Waals surface area contributed by atoms with Crippen LogP contribution in [0.1, 0.15) is 13.3 Å². The zero-order valence-corrected chi connectivity index (χ0v) is 12.4. The van der Waals surface area contributed by atoms with Gasteiger partial charge in [0.1, 0.15) is 11.5 Å². The molecule has 6 nitrogen and oxygen atoms in total. The molecule has 0 aliphatic heterocycles. The van der Waals surface area contributed by atoms with Crippen LogP contribution in [-0.2, 0) is 14.6 Å². The summed E-state index contributed by atoms with van der Waals surface area (Å²) >= 11 is 0. The highest BCUT2D eigenvalue weighted by Crippen LogP contribution is 2.15. The fraction of sp³-hybridized carbons (Fsp3) is 0.462. The van der Waals surface area contributed by atoms with Crippen molar-refractivity contribution in [3.8, 4) is 5.75 Å². The predicted octanol–water partition coefficient (Wildman–Crippen LogP) is 0.786. The van der Waals surface area contributed by atoms with E-state index in [4.69, 9.17) is 10.5 Å². The van der Waals surface area contributed by atoms with E-state index in [2.05, 4.69) is 5.32 Å². The second kappa shape index (κ2) is 7.25. The fourth-order valence-electron chi connectivity index (χ4n) is 1.57. The standard InChI is InChI=1S/C13H20N2O4S/c1-3-10(14)8-20(17,18)9-13(16)15-11-4-6-12(19-2)7-5-11/h4-7,10H,3,8-9,14H2,1-2H3,(H,15,16). The highest BCUT2D eigenvalue weighted by Gasteiger charge is 2.19. The molecule has 0 aliphatic carbocycles. The molecular weight excluding hydrogens is 280 g/mol. The molecule has 1 unspecified atom stereocenters. The Bertz CT molecular complexity index is 540. The number of nitrogens with one attached hydrogen (secondary N) is 1. The summed E-state index contributed by atoms with van der Waals surface area (Å²) < 4.78 is 28.5. The summed E-state index contributed by atoms with van der Waals surface area (Å²) in [7, 11) is -1.95. The zero-order chi connectivity index (χ0) is 15.2. The Morgan fingerprint density at radius 1 is 1.35 bits per heavy atom. The van der Waals surface area contributed by atoms with Crippen molar-refractivity contribution in [3.05, 3.63) is 24.3 Å². The molecule has 0 aromatic heterocycles. The summed E-state index contributed by atoms with van der Waals surface area (Å²) in [4.78, 5) is 11.7. The second-order valence-corrected chi connectivity index (χ2v) is 6.61. The van der Waals surface area contributed by atoms with Gasteiger partial charge in [-0.3, -0.25) is 4.79 Å². The summed E-state index contributed by atoms with van der Waals surface area (Å²) in [5.74, 6) is -0.658. The minimum absolute atomic E-state index is 0.181. The Morgan fingerprint density at radius 2 is 1.95 bits per heavy atom. The van der Waals surface area contributed by atoms with Gasteiger partial charge in [0.05, 0.1) is 12.9 Å². The van der Waals surface area contributed by atoms with Gasteiger partial charge in [0.2, 0.25) is 5.91 Å². The molecule has 1 rings (SSSR count). The minimum Gasteiger partial charge on any atom is -0.497 e. The van der Waals surface area contributed by atoms with Gasteiger partial charge in [-0.25, -0.2) is 8.42 Å². The predicted molar refractivity (Wildman–Crippen MR) is 78.5 cm³/mol. The van der Waals surface area contributed by atoms with Crippen LogP contribution in [0.2, 0.25) is 0 Å². The van der Waals surface area contributed by atoms with Crippen LogP contribution < -0.4 is 15.8 Å². The molecule has 112 valence electrons. The highest BCUT2D eigenvalue weighted by atomic mass is 32.2. The average Bonchev–Trinajstić information content (AvgIpc) is 2.38. The summed E-state index contributed by atoms with van der Waals surface area (Å²) in [6.07, 6.45) is 0.555. The lowest BCUT2D eigenvalue weighted by Gasteiger charge is -2.10. The Balaban J connectivity index is 2.58. The van der Waals surface area contributed by atoms with Gasteiger partial charge in [0.25, 0.3) is 0 Å². The molecule has 1 amide bonds. The Labute approximate surface area is 119 Å². The molecule has 1 aromatic carbocycles. The van der Waals surface area contributed by atoms with Gasteiger partial charge in [-0.1, -0.05) is 6.92 Å². The SMILES string of the molecule is CCC(N)CS(=O)(=O)CC(=O)Nc1ccc(OC)cc1. The van der Waals surface area contributed by atoms with E-state index in [1.807, 2.05) is 0 Å². The number of methoxy groups -OCH3 is 1. The first-order valence-electron chi connectivity index (χ1n) is 6.26. The molecule has 20 heavy (non-hydrogen) atoms. The van der Waals surface area contributed by atoms with Crippen molar-refractivity contribution in [1.29, 1.82) is 0 Å². The first-order valence-corrected chi connectivity index (χ1v) is 8.08. The molecule has 1 aromatic rings. The summed E-state index contributed by atoms with van der Waals surface area (Å²) in [6, 6.07) is 6.20. The molecule has 7 heteroatoms. The number of carbonyl (C=O) groups is 1. The van der Waals surface area contributed by atoms with E-state index in [0.29, 0.717) is 17.9 Å². The minimum atomic E-state index is -3.49. The molecule has 0 saturated carbocycles. The molecule has 0 aliphatic rings. The third-order valence-electron chi connectivity index (χ3n) is 2.72. The van der Waals surface area contributed by atoms with Crippen molar-refractivity contribution in [2.45, 2.75) is 19.4 Å². The van der Waals surface area contributed by atoms with Crippen LogP contribution in [0, 0.1) is 0 Å². The Kier molecular flexibility index (Phi) is 5.97. The number of benzene rings is 1. The Morgan fingerprint density at radius 3 is 2.45 bits per heavy atom. The number of anilines is 1. The maximum Gasteiger partial charge on any atom is 0.239 e. The normalized spacial score (nSPS) is 12.8. The molecule has 3 N–H and O–H groups in total. The van der Waals surface area contributed by atoms with Gasteiger partial charge in [0, 0.05) is 11.7 Å². The number of carbonyl (C=O) groups excluding carboxylic acids is 1. The third-order valence-corrected chi connectivity index (χ3v) is 4.36. The Hall–Kier alpha value is -1.60. The maximum atomic E-state index is 11.7. The maximum absolute atomic E-state index is 11.7. The smallest absolute Gasteiger partial charge is 0.239 e. The van der Waals surface area contributed by atoms with Crippen LogP contribution in [0.4, 0.5) is 5.69 Å². The topological polar surface area (TPSA) is 98.5 Å². The van der Waals surface area contributed by atoms with Crippen LogP contribution in [0.15, 0.2) is 24.3 Å². The van der Waals surface area contributed by atoms with Crippen molar-refractivity contribution in [3.63, 3.8) is 0 Å². The quantitative estimate of drug-likeness (QED) is 0.775. The van der Waals surface area contributed by atoms with Crippen LogP contribution in [0.5, 0.6) is 5.75 Å². The number of hydrogen-bond donors (Lipinski definition) is 2. The largest absolute Gasteiger partial charge is 0.497 e. The van der Waals surface area contributed by atoms with Crippen molar-refractivity contribution < 1.29 is 17.9 Å². The van der Waals surface area contributed by atoms with E-state index >= 15 is 0 Å². The number of nitrogens with two attached hydrogens (primary N) is 1. The van der Waals surface area contributed by atoms with E-state index < -0.39 is 27.5 Å². The van der Waals surface area contributed by atoms with E-state index in [1.165, 1.54) is 7.11 Å². The molecule has 0 fully saturated rings. The lowest BCUT2D eigenvalue weighted by Crippen LogP contribution is -2.33. The molecular formula is C13H20N2O4S. The molecule has 0 bridgehead atoms. The third kappa shape index (κ3) is 5.58. The monoisotopic (exact) mass is 300 g/mol. The first-order chi connectivity index (χ1) is 9.36. The summed E-state index contributed by atoms with van der Waals surface area (Å²) in [6.45, 7) is 1.80. The van der Waals surface area contributed by atoms with Gasteiger partial charge in [-0.15, -0.1) is 0 Å². The number of amides is 1. The van der Waals surface area contributed by atoms with Crippen molar-refractivity contribution in [1.82, 2.24) is 0 Å². The van der Waals surface area contributed by atoms with Gasteiger partial charge >= 0.3 is 0 Å². The lowest BCUT2D eigenvalue weighted by atomic mass is 10.3. The summed E-state index contributed by atoms with van der Waals surface area (Å²) in [5.41, 5.74) is 6.11. The van der Waals surface area contributed by atoms with E-state index in [0.717, 1.165) is 0 Å². The van der Waals surface area contributed by atoms with Crippen LogP contribution in [0.25, 0.3) is 0 Å². The van der Waals surface area contributed by atoms with Crippen LogP contribution in [-0.4, -0.2) is 39.0 Å². The first kappa shape index (κ1) is 16.5. The van der Waals surface area contributed by atoms with E-state index in [-0.39, 0.29) is 5.75 Å². The van der Waals surface area contributed by atoms with Gasteiger partial charge in [0.15, 0.2) is 9.84 Å². The van der Waals surface area contributed by atoms with Gasteiger partial charge < -0.3 is 15.8 Å². The van der Waals surface area contributed by atoms with Crippen molar-refractivity contribution in [2.75, 3.05) is 23.9 Å². The number of sulfone groups is 1. The van der Waals surface area contributed by atoms with E-state index in [1.54, 1.807) is 31.2 Å². The molecule has 0 heterocycles. The van der Waals surface area contributed by atoms with Gasteiger partial charge in [-0.05, 0) is 30.7 Å². The number of hydrogen-bond acceptors (Lipinski definition) is 5. The number of ether oxygens (including phenoxy) is 1. The van der Waals surface area contributed by atoms with Crippen LogP contribution >= 0.6 is 0 Å². The highest BCUT2D eigenvalue weighted by molar-refractivity contribution is 7.92. The molecule has 0 spiro atoms. The zero-order valence-electron chi connectivity index (χ0n) is 11.6. The molecule has 0 saturated heterocycles. The van der Waals surface area contributed by atoms with Crippen LogP contribution in [0.3, 0.4) is 0 Å².